The Labute approximate surface area is 178 Å². The Balaban J connectivity index is 1.54. The number of benzene rings is 3. The third kappa shape index (κ3) is 4.42. The molecule has 6 heteroatoms. The number of aromatic nitrogens is 2. The first kappa shape index (κ1) is 19.9. The molecule has 0 saturated heterocycles. The quantitative estimate of drug-likeness (QED) is 0.472. The van der Waals surface area contributed by atoms with Crippen LogP contribution in [-0.2, 0) is 11.3 Å². The minimum absolute atomic E-state index is 0.130. The van der Waals surface area contributed by atoms with Crippen LogP contribution in [0.25, 0.3) is 22.0 Å². The van der Waals surface area contributed by atoms with E-state index in [4.69, 9.17) is 11.6 Å². The predicted molar refractivity (Wildman–Crippen MR) is 121 cm³/mol. The summed E-state index contributed by atoms with van der Waals surface area (Å²) in [5.41, 5.74) is 2.20. The fourth-order valence-corrected chi connectivity index (χ4v) is 3.57. The molecule has 0 aliphatic heterocycles. The van der Waals surface area contributed by atoms with E-state index in [0.717, 1.165) is 16.6 Å². The van der Waals surface area contributed by atoms with Crippen LogP contribution >= 0.6 is 11.6 Å². The number of hydrogen-bond acceptors (Lipinski definition) is 3. The van der Waals surface area contributed by atoms with Crippen LogP contribution in [0.3, 0.4) is 0 Å². The van der Waals surface area contributed by atoms with Crippen molar-refractivity contribution in [1.82, 2.24) is 9.78 Å². The number of carbonyl (C=O) groups excluding carboxylic acids is 1. The molecule has 4 aromatic rings. The minimum atomic E-state index is -0.152. The van der Waals surface area contributed by atoms with E-state index in [-0.39, 0.29) is 17.9 Å². The van der Waals surface area contributed by atoms with Gasteiger partial charge in [-0.2, -0.15) is 5.10 Å². The van der Waals surface area contributed by atoms with Gasteiger partial charge in [0.25, 0.3) is 5.56 Å². The van der Waals surface area contributed by atoms with Gasteiger partial charge in [-0.3, -0.25) is 9.59 Å². The Morgan fingerprint density at radius 1 is 0.933 bits per heavy atom. The molecule has 0 aliphatic rings. The third-order valence-electron chi connectivity index (χ3n) is 4.80. The zero-order chi connectivity index (χ0) is 20.9. The van der Waals surface area contributed by atoms with Gasteiger partial charge in [0.1, 0.15) is 0 Å². The molecule has 4 rings (SSSR count). The number of carbonyl (C=O) groups is 1. The van der Waals surface area contributed by atoms with Crippen LogP contribution in [0.5, 0.6) is 0 Å². The van der Waals surface area contributed by atoms with Crippen molar-refractivity contribution in [3.05, 3.63) is 94.2 Å². The van der Waals surface area contributed by atoms with Crippen molar-refractivity contribution in [3.63, 3.8) is 0 Å². The SMILES string of the molecule is O=C(CCCn1nc(-c2ccccc2)c2ccccc2c1=O)Nc1cccc(Cl)c1. The summed E-state index contributed by atoms with van der Waals surface area (Å²) < 4.78 is 1.46. The van der Waals surface area contributed by atoms with Crippen LogP contribution in [0.1, 0.15) is 12.8 Å². The lowest BCUT2D eigenvalue weighted by Gasteiger charge is -2.11. The molecule has 1 amide bonds. The van der Waals surface area contributed by atoms with Gasteiger partial charge in [-0.05, 0) is 30.7 Å². The largest absolute Gasteiger partial charge is 0.326 e. The summed E-state index contributed by atoms with van der Waals surface area (Å²) in [6.45, 7) is 0.354. The molecule has 1 heterocycles. The smallest absolute Gasteiger partial charge is 0.274 e. The van der Waals surface area contributed by atoms with Gasteiger partial charge in [-0.25, -0.2) is 4.68 Å². The molecule has 0 atom stereocenters. The van der Waals surface area contributed by atoms with Crippen molar-refractivity contribution < 1.29 is 4.79 Å². The number of hydrogen-bond donors (Lipinski definition) is 1. The van der Waals surface area contributed by atoms with Gasteiger partial charge in [0.2, 0.25) is 5.91 Å². The standard InChI is InChI=1S/C24H20ClN3O2/c25-18-10-6-11-19(16-18)26-22(29)14-7-15-28-24(30)21-13-5-4-12-20(21)23(27-28)17-8-2-1-3-9-17/h1-6,8-13,16H,7,14-15H2,(H,26,29). The first-order valence-corrected chi connectivity index (χ1v) is 10.1. The molecule has 5 nitrogen and oxygen atoms in total. The van der Waals surface area contributed by atoms with Gasteiger partial charge < -0.3 is 5.32 Å². The highest BCUT2D eigenvalue weighted by Crippen LogP contribution is 2.24. The topological polar surface area (TPSA) is 64.0 Å². The minimum Gasteiger partial charge on any atom is -0.326 e. The number of amides is 1. The summed E-state index contributed by atoms with van der Waals surface area (Å²) in [4.78, 5) is 25.1. The number of rotatable bonds is 6. The summed E-state index contributed by atoms with van der Waals surface area (Å²) in [6, 6.07) is 24.3. The molecular formula is C24H20ClN3O2. The van der Waals surface area contributed by atoms with Crippen LogP contribution in [0.2, 0.25) is 5.02 Å². The number of anilines is 1. The molecule has 150 valence electrons. The maximum Gasteiger partial charge on any atom is 0.274 e. The van der Waals surface area contributed by atoms with Crippen LogP contribution in [0, 0.1) is 0 Å². The van der Waals surface area contributed by atoms with Crippen LogP contribution in [0.4, 0.5) is 5.69 Å². The molecule has 0 fully saturated rings. The van der Waals surface area contributed by atoms with E-state index in [2.05, 4.69) is 10.4 Å². The zero-order valence-electron chi connectivity index (χ0n) is 16.2. The van der Waals surface area contributed by atoms with Crippen LogP contribution < -0.4 is 10.9 Å². The molecular weight excluding hydrogens is 398 g/mol. The molecule has 0 radical (unpaired) electrons. The van der Waals surface area contributed by atoms with E-state index < -0.39 is 0 Å². The average Bonchev–Trinajstić information content (AvgIpc) is 2.76. The molecule has 0 saturated carbocycles. The van der Waals surface area contributed by atoms with Gasteiger partial charge in [0.05, 0.1) is 11.1 Å². The summed E-state index contributed by atoms with van der Waals surface area (Å²) >= 11 is 5.95. The highest BCUT2D eigenvalue weighted by Gasteiger charge is 2.12. The van der Waals surface area contributed by atoms with Crippen molar-refractivity contribution in [2.45, 2.75) is 19.4 Å². The van der Waals surface area contributed by atoms with E-state index in [9.17, 15) is 9.59 Å². The van der Waals surface area contributed by atoms with Gasteiger partial charge in [0, 0.05) is 34.6 Å². The molecule has 0 unspecified atom stereocenters. The zero-order valence-corrected chi connectivity index (χ0v) is 17.0. The van der Waals surface area contributed by atoms with Crippen molar-refractivity contribution in [2.75, 3.05) is 5.32 Å². The maximum absolute atomic E-state index is 12.9. The second-order valence-corrected chi connectivity index (χ2v) is 7.39. The molecule has 1 N–H and O–H groups in total. The third-order valence-corrected chi connectivity index (χ3v) is 5.03. The Kier molecular flexibility index (Phi) is 5.91. The van der Waals surface area contributed by atoms with Crippen molar-refractivity contribution >= 4 is 34.0 Å². The van der Waals surface area contributed by atoms with Gasteiger partial charge in [0.15, 0.2) is 0 Å². The van der Waals surface area contributed by atoms with Crippen molar-refractivity contribution in [1.29, 1.82) is 0 Å². The Morgan fingerprint density at radius 3 is 2.43 bits per heavy atom. The molecule has 30 heavy (non-hydrogen) atoms. The Bertz CT molecular complexity index is 1250. The van der Waals surface area contributed by atoms with Gasteiger partial charge in [-0.15, -0.1) is 0 Å². The van der Waals surface area contributed by atoms with E-state index in [1.807, 2.05) is 54.6 Å². The second kappa shape index (κ2) is 8.93. The number of nitrogens with one attached hydrogen (secondary N) is 1. The second-order valence-electron chi connectivity index (χ2n) is 6.95. The number of fused-ring (bicyclic) bond motifs is 1. The van der Waals surface area contributed by atoms with E-state index in [1.165, 1.54) is 4.68 Å². The summed E-state index contributed by atoms with van der Waals surface area (Å²) in [5, 5.41) is 9.44. The predicted octanol–water partition coefficient (Wildman–Crippen LogP) is 5.14. The number of halogens is 1. The van der Waals surface area contributed by atoms with E-state index in [0.29, 0.717) is 29.1 Å². The lowest BCUT2D eigenvalue weighted by atomic mass is 10.1. The number of nitrogens with zero attached hydrogens (tertiary/aromatic N) is 2. The number of aryl methyl sites for hydroxylation is 1. The molecule has 0 spiro atoms. The first-order chi connectivity index (χ1) is 14.6. The summed E-state index contributed by atoms with van der Waals surface area (Å²) in [5.74, 6) is -0.130. The van der Waals surface area contributed by atoms with Crippen molar-refractivity contribution in [3.8, 4) is 11.3 Å². The average molecular weight is 418 g/mol. The summed E-state index contributed by atoms with van der Waals surface area (Å²) in [7, 11) is 0. The fourth-order valence-electron chi connectivity index (χ4n) is 3.38. The van der Waals surface area contributed by atoms with E-state index >= 15 is 0 Å². The first-order valence-electron chi connectivity index (χ1n) is 9.72. The monoisotopic (exact) mass is 417 g/mol. The normalized spacial score (nSPS) is 10.8. The van der Waals surface area contributed by atoms with Crippen LogP contribution in [0.15, 0.2) is 83.7 Å². The fraction of sp³-hybridized carbons (Fsp3) is 0.125. The molecule has 0 aliphatic carbocycles. The maximum atomic E-state index is 12.9. The lowest BCUT2D eigenvalue weighted by molar-refractivity contribution is -0.116. The van der Waals surface area contributed by atoms with E-state index in [1.54, 1.807) is 24.3 Å². The molecule has 1 aromatic heterocycles. The highest BCUT2D eigenvalue weighted by molar-refractivity contribution is 6.30. The Morgan fingerprint density at radius 2 is 1.67 bits per heavy atom. The molecule has 3 aromatic carbocycles. The molecule has 0 bridgehead atoms. The lowest BCUT2D eigenvalue weighted by Crippen LogP contribution is -2.24. The summed E-state index contributed by atoms with van der Waals surface area (Å²) in [6.07, 6.45) is 0.764. The highest BCUT2D eigenvalue weighted by atomic mass is 35.5. The van der Waals surface area contributed by atoms with Crippen LogP contribution in [-0.4, -0.2) is 15.7 Å². The Hall–Kier alpha value is -3.44. The van der Waals surface area contributed by atoms with Gasteiger partial charge in [-0.1, -0.05) is 66.2 Å². The van der Waals surface area contributed by atoms with Gasteiger partial charge >= 0.3 is 0 Å². The van der Waals surface area contributed by atoms with Crippen molar-refractivity contribution in [2.24, 2.45) is 0 Å².